The number of Topliss-reactive ketones (excluding diaryl/α,β-unsaturated/α-hetero) is 1. The summed E-state index contributed by atoms with van der Waals surface area (Å²) in [7, 11) is 0. The van der Waals surface area contributed by atoms with E-state index in [4.69, 9.17) is 9.84 Å². The van der Waals surface area contributed by atoms with Gasteiger partial charge in [-0.2, -0.15) is 0 Å². The van der Waals surface area contributed by atoms with Crippen molar-refractivity contribution < 1.29 is 23.8 Å². The molecule has 0 radical (unpaired) electrons. The van der Waals surface area contributed by atoms with Crippen LogP contribution in [0.1, 0.15) is 0 Å². The van der Waals surface area contributed by atoms with E-state index in [1.54, 1.807) is 0 Å². The number of carboxylic acid groups (broad SMARTS) is 1. The molecule has 1 aliphatic rings. The molecule has 88 valence electrons. The van der Waals surface area contributed by atoms with Gasteiger partial charge < -0.3 is 15.2 Å². The second-order valence-corrected chi connectivity index (χ2v) is 3.35. The van der Waals surface area contributed by atoms with Crippen molar-refractivity contribution in [2.75, 3.05) is 11.9 Å². The lowest BCUT2D eigenvalue weighted by molar-refractivity contribution is -0.134. The fourth-order valence-corrected chi connectivity index (χ4v) is 1.39. The van der Waals surface area contributed by atoms with E-state index in [-0.39, 0.29) is 12.5 Å². The molecule has 0 fully saturated rings. The van der Waals surface area contributed by atoms with Gasteiger partial charge in [0.1, 0.15) is 5.82 Å². The molecule has 0 atom stereocenters. The highest BCUT2D eigenvalue weighted by atomic mass is 19.1. The van der Waals surface area contributed by atoms with E-state index in [9.17, 15) is 14.0 Å². The molecule has 0 aromatic heterocycles. The van der Waals surface area contributed by atoms with Gasteiger partial charge in [-0.15, -0.1) is 0 Å². The van der Waals surface area contributed by atoms with E-state index < -0.39 is 23.1 Å². The van der Waals surface area contributed by atoms with Crippen LogP contribution < -0.4 is 5.32 Å². The average Bonchev–Trinajstić information content (AvgIpc) is 2.63. The first-order valence-corrected chi connectivity index (χ1v) is 4.74. The third-order valence-electron chi connectivity index (χ3n) is 2.17. The molecule has 0 saturated carbocycles. The molecule has 17 heavy (non-hydrogen) atoms. The molecular formula is C11H8FNO4. The number of rotatable bonds is 3. The van der Waals surface area contributed by atoms with Crippen molar-refractivity contribution in [1.82, 2.24) is 0 Å². The molecule has 0 unspecified atom stereocenters. The third kappa shape index (κ3) is 2.25. The zero-order chi connectivity index (χ0) is 12.4. The zero-order valence-corrected chi connectivity index (χ0v) is 8.57. The van der Waals surface area contributed by atoms with Crippen LogP contribution in [0.4, 0.5) is 10.1 Å². The van der Waals surface area contributed by atoms with Gasteiger partial charge in [0.05, 0.1) is 0 Å². The quantitative estimate of drug-likeness (QED) is 0.771. The summed E-state index contributed by atoms with van der Waals surface area (Å²) in [5, 5.41) is 11.4. The number of halogens is 1. The number of hydrogen-bond donors (Lipinski definition) is 2. The Hall–Kier alpha value is -2.37. The van der Waals surface area contributed by atoms with Crippen LogP contribution >= 0.6 is 0 Å². The minimum atomic E-state index is -1.35. The molecule has 0 amide bonds. The van der Waals surface area contributed by atoms with Gasteiger partial charge in [-0.05, 0) is 24.3 Å². The highest BCUT2D eigenvalue weighted by Gasteiger charge is 2.30. The van der Waals surface area contributed by atoms with E-state index in [1.165, 1.54) is 24.3 Å². The first kappa shape index (κ1) is 11.1. The summed E-state index contributed by atoms with van der Waals surface area (Å²) in [5.41, 5.74) is 0.0178. The van der Waals surface area contributed by atoms with Gasteiger partial charge in [0.15, 0.2) is 12.2 Å². The summed E-state index contributed by atoms with van der Waals surface area (Å²) in [4.78, 5) is 22.0. The van der Waals surface area contributed by atoms with Crippen LogP contribution in [0.5, 0.6) is 0 Å². The van der Waals surface area contributed by atoms with Crippen LogP contribution in [0.2, 0.25) is 0 Å². The summed E-state index contributed by atoms with van der Waals surface area (Å²) in [6.45, 7) is -0.300. The van der Waals surface area contributed by atoms with Gasteiger partial charge in [0.2, 0.25) is 11.7 Å². The SMILES string of the molecule is O=C(O)C1=C(Nc2ccc(F)cc2)OCC1=O. The Labute approximate surface area is 95.5 Å². The minimum absolute atomic E-state index is 0.117. The van der Waals surface area contributed by atoms with Crippen molar-refractivity contribution in [2.24, 2.45) is 0 Å². The number of nitrogens with one attached hydrogen (secondary N) is 1. The molecule has 2 N–H and O–H groups in total. The Bertz CT molecular complexity index is 507. The molecular weight excluding hydrogens is 229 g/mol. The van der Waals surface area contributed by atoms with E-state index in [1.807, 2.05) is 0 Å². The summed E-state index contributed by atoms with van der Waals surface area (Å²) in [5.74, 6) is -2.47. The summed E-state index contributed by atoms with van der Waals surface area (Å²) in [6, 6.07) is 5.24. The van der Waals surface area contributed by atoms with Crippen molar-refractivity contribution in [3.63, 3.8) is 0 Å². The molecule has 1 aromatic carbocycles. The first-order chi connectivity index (χ1) is 8.08. The van der Waals surface area contributed by atoms with Gasteiger partial charge in [-0.1, -0.05) is 0 Å². The van der Waals surface area contributed by atoms with Crippen molar-refractivity contribution in [3.05, 3.63) is 41.5 Å². The third-order valence-corrected chi connectivity index (χ3v) is 2.17. The smallest absolute Gasteiger partial charge is 0.344 e. The zero-order valence-electron chi connectivity index (χ0n) is 8.57. The predicted molar refractivity (Wildman–Crippen MR) is 55.6 cm³/mol. The van der Waals surface area contributed by atoms with Crippen molar-refractivity contribution in [1.29, 1.82) is 0 Å². The maximum atomic E-state index is 12.6. The lowest BCUT2D eigenvalue weighted by Gasteiger charge is -2.07. The molecule has 5 nitrogen and oxygen atoms in total. The van der Waals surface area contributed by atoms with Gasteiger partial charge in [-0.3, -0.25) is 4.79 Å². The highest BCUT2D eigenvalue weighted by molar-refractivity contribution is 6.19. The maximum absolute atomic E-state index is 12.6. The van der Waals surface area contributed by atoms with Crippen molar-refractivity contribution >= 4 is 17.4 Å². The Morgan fingerprint density at radius 2 is 2.00 bits per heavy atom. The molecule has 0 bridgehead atoms. The summed E-state index contributed by atoms with van der Waals surface area (Å²) >= 11 is 0. The number of carbonyl (C=O) groups is 2. The van der Waals surface area contributed by atoms with Gasteiger partial charge in [0.25, 0.3) is 0 Å². The molecule has 1 aliphatic heterocycles. The van der Waals surface area contributed by atoms with Gasteiger partial charge in [0, 0.05) is 5.69 Å². The predicted octanol–water partition coefficient (Wildman–Crippen LogP) is 1.13. The molecule has 6 heteroatoms. The number of carbonyl (C=O) groups excluding carboxylic acids is 1. The van der Waals surface area contributed by atoms with Crippen molar-refractivity contribution in [2.45, 2.75) is 0 Å². The van der Waals surface area contributed by atoms with Crippen LogP contribution in [0.15, 0.2) is 35.7 Å². The number of carboxylic acids is 1. The van der Waals surface area contributed by atoms with Crippen LogP contribution in [-0.4, -0.2) is 23.5 Å². The van der Waals surface area contributed by atoms with Gasteiger partial charge >= 0.3 is 5.97 Å². The molecule has 1 heterocycles. The lowest BCUT2D eigenvalue weighted by atomic mass is 10.2. The molecule has 0 spiro atoms. The van der Waals surface area contributed by atoms with E-state index in [0.29, 0.717) is 5.69 Å². The Morgan fingerprint density at radius 1 is 1.35 bits per heavy atom. The monoisotopic (exact) mass is 237 g/mol. The summed E-state index contributed by atoms with van der Waals surface area (Å²) in [6.07, 6.45) is 0. The second-order valence-electron chi connectivity index (χ2n) is 3.35. The maximum Gasteiger partial charge on any atom is 0.344 e. The first-order valence-electron chi connectivity index (χ1n) is 4.74. The highest BCUT2D eigenvalue weighted by Crippen LogP contribution is 2.19. The molecule has 2 rings (SSSR count). The lowest BCUT2D eigenvalue weighted by Crippen LogP contribution is -2.12. The topological polar surface area (TPSA) is 75.6 Å². The van der Waals surface area contributed by atoms with E-state index in [2.05, 4.69) is 5.32 Å². The fraction of sp³-hybridized carbons (Fsp3) is 0.0909. The Morgan fingerprint density at radius 3 is 2.59 bits per heavy atom. The molecule has 0 aliphatic carbocycles. The number of ketones is 1. The Kier molecular flexibility index (Phi) is 2.78. The largest absolute Gasteiger partial charge is 0.477 e. The van der Waals surface area contributed by atoms with Gasteiger partial charge in [-0.25, -0.2) is 9.18 Å². The van der Waals surface area contributed by atoms with Crippen LogP contribution in [0.3, 0.4) is 0 Å². The average molecular weight is 237 g/mol. The molecule has 1 aromatic rings. The standard InChI is InChI=1S/C11H8FNO4/c12-6-1-3-7(4-2-6)13-10-9(11(15)16)8(14)5-17-10/h1-4,13H,5H2,(H,15,16). The molecule has 0 saturated heterocycles. The number of anilines is 1. The number of ether oxygens (including phenoxy) is 1. The van der Waals surface area contributed by atoms with Crippen molar-refractivity contribution in [3.8, 4) is 0 Å². The van der Waals surface area contributed by atoms with Crippen LogP contribution in [-0.2, 0) is 14.3 Å². The van der Waals surface area contributed by atoms with Crippen LogP contribution in [0.25, 0.3) is 0 Å². The summed E-state index contributed by atoms with van der Waals surface area (Å²) < 4.78 is 17.6. The Balaban J connectivity index is 2.26. The van der Waals surface area contributed by atoms with Crippen LogP contribution in [0, 0.1) is 5.82 Å². The van der Waals surface area contributed by atoms with E-state index >= 15 is 0 Å². The minimum Gasteiger partial charge on any atom is -0.477 e. The normalized spacial score (nSPS) is 14.8. The second kappa shape index (κ2) is 4.25. The number of aliphatic carboxylic acids is 1. The number of benzene rings is 1. The van der Waals surface area contributed by atoms with E-state index in [0.717, 1.165) is 0 Å². The number of hydrogen-bond acceptors (Lipinski definition) is 4. The fourth-order valence-electron chi connectivity index (χ4n) is 1.39.